The van der Waals surface area contributed by atoms with Crippen LogP contribution in [0.2, 0.25) is 0 Å². The van der Waals surface area contributed by atoms with Crippen molar-refractivity contribution in [1.29, 1.82) is 0 Å². The van der Waals surface area contributed by atoms with Gasteiger partial charge < -0.3 is 24.8 Å². The molecule has 1 aromatic heterocycles. The lowest BCUT2D eigenvalue weighted by Crippen LogP contribution is -2.53. The molecule has 0 bridgehead atoms. The van der Waals surface area contributed by atoms with Crippen LogP contribution in [-0.2, 0) is 4.74 Å². The van der Waals surface area contributed by atoms with Crippen molar-refractivity contribution in [2.75, 3.05) is 57.8 Å². The number of aliphatic imine (C=N–C) groups is 1. The molecule has 2 aliphatic heterocycles. The van der Waals surface area contributed by atoms with E-state index in [9.17, 15) is 4.79 Å². The van der Waals surface area contributed by atoms with Gasteiger partial charge in [0.2, 0.25) is 0 Å². The van der Waals surface area contributed by atoms with Crippen LogP contribution in [0, 0.1) is 5.92 Å². The number of piperidine rings is 1. The van der Waals surface area contributed by atoms with Crippen molar-refractivity contribution >= 4 is 52.4 Å². The number of piperazine rings is 1. The Balaban J connectivity index is 0.00000320. The van der Waals surface area contributed by atoms with Crippen LogP contribution in [0.3, 0.4) is 0 Å². The van der Waals surface area contributed by atoms with E-state index in [0.717, 1.165) is 64.6 Å². The summed E-state index contributed by atoms with van der Waals surface area (Å²) in [6.45, 7) is 12.2. The lowest BCUT2D eigenvalue weighted by Gasteiger charge is -2.38. The third-order valence-corrected chi connectivity index (χ3v) is 6.35. The Morgan fingerprint density at radius 1 is 1.17 bits per heavy atom. The second-order valence-corrected chi connectivity index (χ2v) is 9.69. The van der Waals surface area contributed by atoms with Crippen molar-refractivity contribution in [2.24, 2.45) is 10.9 Å². The predicted octanol–water partition coefficient (Wildman–Crippen LogP) is 3.71. The monoisotopic (exact) mass is 549 g/mol. The van der Waals surface area contributed by atoms with Crippen LogP contribution in [0.5, 0.6) is 0 Å². The normalized spacial score (nSPS) is 18.8. The highest BCUT2D eigenvalue weighted by Gasteiger charge is 2.27. The van der Waals surface area contributed by atoms with Crippen molar-refractivity contribution < 1.29 is 9.53 Å². The number of nitrogens with zero attached hydrogens (tertiary/aromatic N) is 4. The fourth-order valence-electron chi connectivity index (χ4n) is 3.80. The van der Waals surface area contributed by atoms with Gasteiger partial charge in [-0.2, -0.15) is 0 Å². The van der Waals surface area contributed by atoms with Crippen LogP contribution in [0.25, 0.3) is 0 Å². The Labute approximate surface area is 201 Å². The summed E-state index contributed by atoms with van der Waals surface area (Å²) in [5.41, 5.74) is -0.435. The zero-order chi connectivity index (χ0) is 20.9. The quantitative estimate of drug-likeness (QED) is 0.354. The highest BCUT2D eigenvalue weighted by molar-refractivity contribution is 14.0. The highest BCUT2D eigenvalue weighted by Crippen LogP contribution is 2.23. The van der Waals surface area contributed by atoms with E-state index in [1.807, 2.05) is 32.7 Å². The largest absolute Gasteiger partial charge is 0.444 e. The lowest BCUT2D eigenvalue weighted by molar-refractivity contribution is 0.0185. The molecule has 1 amide bonds. The van der Waals surface area contributed by atoms with E-state index in [1.165, 1.54) is 5.00 Å². The van der Waals surface area contributed by atoms with Crippen LogP contribution >= 0.6 is 35.3 Å². The van der Waals surface area contributed by atoms with Gasteiger partial charge in [0.15, 0.2) is 5.96 Å². The molecular formula is C21H36IN5O2S. The predicted molar refractivity (Wildman–Crippen MR) is 135 cm³/mol. The molecule has 0 aliphatic carbocycles. The van der Waals surface area contributed by atoms with Gasteiger partial charge in [0, 0.05) is 52.9 Å². The number of ether oxygens (including phenoxy) is 1. The van der Waals surface area contributed by atoms with Gasteiger partial charge in [-0.1, -0.05) is 0 Å². The molecule has 2 aliphatic rings. The van der Waals surface area contributed by atoms with Crippen LogP contribution < -0.4 is 10.2 Å². The molecule has 3 heterocycles. The zero-order valence-electron chi connectivity index (χ0n) is 18.6. The SMILES string of the molecule is CN=C(NCC1CCN(C(=O)OC(C)(C)C)CC1)N1CCN(c2cccs2)CC1.I. The number of halogens is 1. The van der Waals surface area contributed by atoms with E-state index in [-0.39, 0.29) is 30.1 Å². The van der Waals surface area contributed by atoms with Crippen molar-refractivity contribution in [2.45, 2.75) is 39.2 Å². The minimum absolute atomic E-state index is 0. The molecule has 2 fully saturated rings. The Bertz CT molecular complexity index is 676. The second-order valence-electron chi connectivity index (χ2n) is 8.76. The highest BCUT2D eigenvalue weighted by atomic mass is 127. The third kappa shape index (κ3) is 7.18. The van der Waals surface area contributed by atoms with E-state index in [0.29, 0.717) is 5.92 Å². The van der Waals surface area contributed by atoms with Crippen molar-refractivity contribution in [3.8, 4) is 0 Å². The summed E-state index contributed by atoms with van der Waals surface area (Å²) in [5.74, 6) is 1.54. The van der Waals surface area contributed by atoms with Gasteiger partial charge in [-0.15, -0.1) is 35.3 Å². The number of rotatable bonds is 3. The molecule has 7 nitrogen and oxygen atoms in total. The van der Waals surface area contributed by atoms with Gasteiger partial charge in [-0.3, -0.25) is 4.99 Å². The maximum Gasteiger partial charge on any atom is 0.410 e. The van der Waals surface area contributed by atoms with Gasteiger partial charge in [0.05, 0.1) is 5.00 Å². The summed E-state index contributed by atoms with van der Waals surface area (Å²) < 4.78 is 5.49. The number of likely N-dealkylation sites (tertiary alicyclic amines) is 1. The van der Waals surface area contributed by atoms with Crippen LogP contribution in [-0.4, -0.2) is 80.3 Å². The number of amides is 1. The van der Waals surface area contributed by atoms with Crippen molar-refractivity contribution in [1.82, 2.24) is 15.1 Å². The molecule has 0 atom stereocenters. The lowest BCUT2D eigenvalue weighted by atomic mass is 9.97. The van der Waals surface area contributed by atoms with Gasteiger partial charge in [0.1, 0.15) is 5.60 Å². The number of hydrogen-bond donors (Lipinski definition) is 1. The first-order valence-electron chi connectivity index (χ1n) is 10.6. The Kier molecular flexibility index (Phi) is 9.52. The van der Waals surface area contributed by atoms with Crippen molar-refractivity contribution in [3.63, 3.8) is 0 Å². The Hall–Kier alpha value is -1.23. The van der Waals surface area contributed by atoms with Gasteiger partial charge in [-0.25, -0.2) is 4.79 Å². The third-order valence-electron chi connectivity index (χ3n) is 5.42. The number of guanidine groups is 1. The Morgan fingerprint density at radius 3 is 2.37 bits per heavy atom. The molecule has 0 aromatic carbocycles. The Morgan fingerprint density at radius 2 is 1.83 bits per heavy atom. The van der Waals surface area contributed by atoms with E-state index >= 15 is 0 Å². The molecular weight excluding hydrogens is 513 g/mol. The molecule has 0 spiro atoms. The molecule has 0 unspecified atom stereocenters. The molecule has 0 saturated carbocycles. The van der Waals surface area contributed by atoms with E-state index in [1.54, 1.807) is 11.3 Å². The number of carbonyl (C=O) groups excluding carboxylic acids is 1. The molecule has 1 N–H and O–H groups in total. The average Bonchev–Trinajstić information content (AvgIpc) is 3.23. The standard InChI is InChI=1S/C21H35N5O2S.HI/c1-21(2,3)28-20(27)26-9-7-17(8-10-26)16-23-19(22-4)25-13-11-24(12-14-25)18-6-5-15-29-18;/h5-6,15,17H,7-14,16H2,1-4H3,(H,22,23);1H. The van der Waals surface area contributed by atoms with Gasteiger partial charge in [-0.05, 0) is 57.0 Å². The van der Waals surface area contributed by atoms with Gasteiger partial charge >= 0.3 is 6.09 Å². The number of anilines is 1. The minimum atomic E-state index is -0.435. The molecule has 1 aromatic rings. The summed E-state index contributed by atoms with van der Waals surface area (Å²) >= 11 is 1.80. The van der Waals surface area contributed by atoms with E-state index < -0.39 is 5.60 Å². The molecule has 3 rings (SSSR count). The number of carbonyl (C=O) groups is 1. The summed E-state index contributed by atoms with van der Waals surface area (Å²) in [6, 6.07) is 4.30. The first-order valence-corrected chi connectivity index (χ1v) is 11.5. The molecule has 2 saturated heterocycles. The summed E-state index contributed by atoms with van der Waals surface area (Å²) in [7, 11) is 1.86. The fourth-order valence-corrected chi connectivity index (χ4v) is 4.59. The van der Waals surface area contributed by atoms with E-state index in [2.05, 4.69) is 37.6 Å². The molecule has 30 heavy (non-hydrogen) atoms. The summed E-state index contributed by atoms with van der Waals surface area (Å²) in [4.78, 5) is 23.3. The number of hydrogen-bond acceptors (Lipinski definition) is 5. The van der Waals surface area contributed by atoms with Crippen LogP contribution in [0.4, 0.5) is 9.80 Å². The maximum atomic E-state index is 12.2. The first-order chi connectivity index (χ1) is 13.9. The molecule has 0 radical (unpaired) electrons. The first kappa shape index (κ1) is 25.0. The van der Waals surface area contributed by atoms with Gasteiger partial charge in [0.25, 0.3) is 0 Å². The maximum absolute atomic E-state index is 12.2. The van der Waals surface area contributed by atoms with Crippen LogP contribution in [0.15, 0.2) is 22.5 Å². The van der Waals surface area contributed by atoms with Crippen LogP contribution in [0.1, 0.15) is 33.6 Å². The number of nitrogens with one attached hydrogen (secondary N) is 1. The average molecular weight is 550 g/mol. The summed E-state index contributed by atoms with van der Waals surface area (Å²) in [5, 5.41) is 7.05. The smallest absolute Gasteiger partial charge is 0.410 e. The number of thiophene rings is 1. The fraction of sp³-hybridized carbons (Fsp3) is 0.714. The molecule has 170 valence electrons. The summed E-state index contributed by atoms with van der Waals surface area (Å²) in [6.07, 6.45) is 1.80. The topological polar surface area (TPSA) is 60.4 Å². The molecule has 9 heteroatoms. The zero-order valence-corrected chi connectivity index (χ0v) is 21.7. The second kappa shape index (κ2) is 11.4. The van der Waals surface area contributed by atoms with E-state index in [4.69, 9.17) is 4.74 Å². The van der Waals surface area contributed by atoms with Crippen molar-refractivity contribution in [3.05, 3.63) is 17.5 Å². The minimum Gasteiger partial charge on any atom is -0.444 e.